The van der Waals surface area contributed by atoms with Gasteiger partial charge in [0, 0.05) is 33.8 Å². The highest BCUT2D eigenvalue weighted by Crippen LogP contribution is 2.51. The third-order valence-electron chi connectivity index (χ3n) is 17.0. The maximum Gasteiger partial charge on any atom is 0.137 e. The maximum atomic E-state index is 5.31. The Labute approximate surface area is 468 Å². The molecule has 0 aliphatic carbocycles. The van der Waals surface area contributed by atoms with Gasteiger partial charge >= 0.3 is 0 Å². The third-order valence-corrected chi connectivity index (χ3v) is 17.0. The van der Waals surface area contributed by atoms with Crippen LogP contribution in [0.5, 0.6) is 0 Å². The summed E-state index contributed by atoms with van der Waals surface area (Å²) in [7, 11) is 0. The predicted molar refractivity (Wildman–Crippen MR) is 333 cm³/mol. The highest BCUT2D eigenvalue weighted by Gasteiger charge is 2.41. The molecule has 11 aromatic rings. The fourth-order valence-corrected chi connectivity index (χ4v) is 12.4. The lowest BCUT2D eigenvalue weighted by Crippen LogP contribution is -2.31. The number of anilines is 4. The van der Waals surface area contributed by atoms with E-state index in [0.29, 0.717) is 6.67 Å². The lowest BCUT2D eigenvalue weighted by molar-refractivity contribution is 0.568. The minimum Gasteiger partial charge on any atom is -0.321 e. The van der Waals surface area contributed by atoms with Gasteiger partial charge in [-0.15, -0.1) is 0 Å². The second kappa shape index (κ2) is 19.5. The number of hydrogen-bond acceptors (Lipinski definition) is 3. The lowest BCUT2D eigenvalue weighted by Gasteiger charge is -2.37. The van der Waals surface area contributed by atoms with Crippen LogP contribution < -0.4 is 9.80 Å². The number of benzene rings is 9. The zero-order valence-corrected chi connectivity index (χ0v) is 47.6. The molecule has 0 amide bonds. The highest BCUT2D eigenvalue weighted by molar-refractivity contribution is 6.10. The van der Waals surface area contributed by atoms with Crippen molar-refractivity contribution in [1.82, 2.24) is 9.55 Å². The van der Waals surface area contributed by atoms with Crippen LogP contribution in [0.1, 0.15) is 125 Å². The van der Waals surface area contributed by atoms with E-state index in [9.17, 15) is 0 Å². The number of pyridine rings is 1. The van der Waals surface area contributed by atoms with Crippen LogP contribution in [0.25, 0.3) is 27.6 Å². The van der Waals surface area contributed by atoms with Gasteiger partial charge in [0.1, 0.15) is 12.5 Å². The van der Waals surface area contributed by atoms with Crippen molar-refractivity contribution in [2.45, 2.75) is 96.3 Å². The summed E-state index contributed by atoms with van der Waals surface area (Å²) in [4.78, 5) is 10.3. The summed E-state index contributed by atoms with van der Waals surface area (Å²) >= 11 is 0. The lowest BCUT2D eigenvalue weighted by atomic mass is 9.65. The zero-order valence-electron chi connectivity index (χ0n) is 47.6. The standard InChI is InChI=1S/C75H72N4/c1-71(2,3)56-39-41-66-65(48-56)64-40-38-59(49-69(64)79(66)70-50-57(42-43-76-70)74(10,52-26-15-11-16-27-52)53-28-17-12-18-29-53)75(54-30-19-13-20-31-54,55-32-21-14-22-33-55)58-34-25-35-62(45-58)77-51-78(68-37-24-23-36-67(68)77)63-46-60(72(4,5)6)44-61(47-63)73(7,8)9/h11-50H,51H2,1-10H3. The molecule has 0 atom stereocenters. The molecule has 2 aromatic heterocycles. The molecule has 3 heterocycles. The molecule has 1 aliphatic rings. The fraction of sp³-hybridized carbons (Fsp3) is 0.213. The van der Waals surface area contributed by atoms with Gasteiger partial charge in [-0.2, -0.15) is 0 Å². The molecule has 392 valence electrons. The first-order valence-electron chi connectivity index (χ1n) is 28.1. The number of hydrogen-bond donors (Lipinski definition) is 0. The molecular formula is C75H72N4. The molecule has 0 bridgehead atoms. The van der Waals surface area contributed by atoms with Crippen molar-refractivity contribution in [3.05, 3.63) is 298 Å². The Hall–Kier alpha value is -8.47. The molecule has 0 fully saturated rings. The molecule has 0 saturated heterocycles. The number of aromatic nitrogens is 2. The van der Waals surface area contributed by atoms with E-state index in [1.807, 2.05) is 6.20 Å². The molecule has 9 aromatic carbocycles. The molecule has 1 aliphatic heterocycles. The maximum absolute atomic E-state index is 5.31. The van der Waals surface area contributed by atoms with Gasteiger partial charge in [-0.25, -0.2) is 4.98 Å². The molecule has 79 heavy (non-hydrogen) atoms. The normalized spacial score (nSPS) is 13.3. The van der Waals surface area contributed by atoms with Crippen molar-refractivity contribution in [3.63, 3.8) is 0 Å². The van der Waals surface area contributed by atoms with Crippen LogP contribution in [0.2, 0.25) is 0 Å². The smallest absolute Gasteiger partial charge is 0.137 e. The fourth-order valence-electron chi connectivity index (χ4n) is 12.4. The first kappa shape index (κ1) is 51.3. The Kier molecular flexibility index (Phi) is 12.6. The third kappa shape index (κ3) is 8.92. The van der Waals surface area contributed by atoms with Crippen molar-refractivity contribution < 1.29 is 0 Å². The van der Waals surface area contributed by atoms with Gasteiger partial charge in [-0.1, -0.05) is 232 Å². The van der Waals surface area contributed by atoms with Crippen molar-refractivity contribution in [1.29, 1.82) is 0 Å². The molecule has 0 N–H and O–H groups in total. The molecule has 12 rings (SSSR count). The van der Waals surface area contributed by atoms with Gasteiger partial charge in [0.15, 0.2) is 0 Å². The van der Waals surface area contributed by atoms with Gasteiger partial charge in [0.2, 0.25) is 0 Å². The monoisotopic (exact) mass is 1030 g/mol. The van der Waals surface area contributed by atoms with Crippen molar-refractivity contribution >= 4 is 44.6 Å². The molecular weight excluding hydrogens is 957 g/mol. The average molecular weight is 1030 g/mol. The van der Waals surface area contributed by atoms with Gasteiger partial charge < -0.3 is 9.80 Å². The molecule has 0 radical (unpaired) electrons. The summed E-state index contributed by atoms with van der Waals surface area (Å²) in [5, 5.41) is 2.40. The summed E-state index contributed by atoms with van der Waals surface area (Å²) in [6.45, 7) is 23.9. The van der Waals surface area contributed by atoms with Crippen LogP contribution in [0.15, 0.2) is 243 Å². The van der Waals surface area contributed by atoms with Crippen LogP contribution in [0.3, 0.4) is 0 Å². The molecule has 4 nitrogen and oxygen atoms in total. The summed E-state index contributed by atoms with van der Waals surface area (Å²) in [6.07, 6.45) is 2.01. The van der Waals surface area contributed by atoms with Crippen LogP contribution in [0.4, 0.5) is 22.7 Å². The van der Waals surface area contributed by atoms with Crippen LogP contribution in [-0.4, -0.2) is 16.2 Å². The first-order valence-corrected chi connectivity index (χ1v) is 28.1. The van der Waals surface area contributed by atoms with E-state index in [0.717, 1.165) is 22.5 Å². The Morgan fingerprint density at radius 1 is 0.316 bits per heavy atom. The van der Waals surface area contributed by atoms with Crippen molar-refractivity contribution in [2.75, 3.05) is 16.5 Å². The van der Waals surface area contributed by atoms with E-state index >= 15 is 0 Å². The quantitative estimate of drug-likeness (QED) is 0.128. The second-order valence-corrected chi connectivity index (χ2v) is 25.1. The van der Waals surface area contributed by atoms with Gasteiger partial charge in [-0.05, 0) is 146 Å². The number of para-hydroxylation sites is 2. The van der Waals surface area contributed by atoms with E-state index in [1.54, 1.807) is 0 Å². The minimum absolute atomic E-state index is 0.0130. The zero-order chi connectivity index (χ0) is 54.9. The van der Waals surface area contributed by atoms with Gasteiger partial charge in [-0.3, -0.25) is 4.57 Å². The average Bonchev–Trinajstić information content (AvgIpc) is 4.17. The number of rotatable bonds is 10. The molecule has 4 heteroatoms. The van der Waals surface area contributed by atoms with E-state index in [1.165, 1.54) is 83.5 Å². The molecule has 0 unspecified atom stereocenters. The largest absolute Gasteiger partial charge is 0.321 e. The first-order chi connectivity index (χ1) is 37.9. The van der Waals surface area contributed by atoms with Crippen LogP contribution in [0, 0.1) is 0 Å². The highest BCUT2D eigenvalue weighted by atomic mass is 15.4. The second-order valence-electron chi connectivity index (χ2n) is 25.1. The minimum atomic E-state index is -0.749. The van der Waals surface area contributed by atoms with Crippen LogP contribution in [-0.2, 0) is 27.1 Å². The Morgan fingerprint density at radius 2 is 0.785 bits per heavy atom. The van der Waals surface area contributed by atoms with Crippen molar-refractivity contribution in [2.24, 2.45) is 0 Å². The predicted octanol–water partition coefficient (Wildman–Crippen LogP) is 19.1. The van der Waals surface area contributed by atoms with E-state index in [2.05, 4.69) is 320 Å². The number of nitrogens with zero attached hydrogens (tertiary/aromatic N) is 4. The summed E-state index contributed by atoms with van der Waals surface area (Å²) in [5.74, 6) is 0.878. The van der Waals surface area contributed by atoms with Gasteiger partial charge in [0.25, 0.3) is 0 Å². The van der Waals surface area contributed by atoms with E-state index < -0.39 is 10.8 Å². The van der Waals surface area contributed by atoms with Crippen LogP contribution >= 0.6 is 0 Å². The molecule has 0 spiro atoms. The summed E-state index contributed by atoms with van der Waals surface area (Å²) < 4.78 is 2.42. The topological polar surface area (TPSA) is 24.3 Å². The summed E-state index contributed by atoms with van der Waals surface area (Å²) in [5.41, 5.74) is 18.0. The molecule has 0 saturated carbocycles. The summed E-state index contributed by atoms with van der Waals surface area (Å²) in [6, 6.07) is 88.5. The van der Waals surface area contributed by atoms with E-state index in [4.69, 9.17) is 4.98 Å². The van der Waals surface area contributed by atoms with Gasteiger partial charge in [0.05, 0.1) is 27.8 Å². The van der Waals surface area contributed by atoms with E-state index in [-0.39, 0.29) is 16.2 Å². The Bertz CT molecular complexity index is 3890. The Balaban J connectivity index is 1.08. The number of fused-ring (bicyclic) bond motifs is 4. The van der Waals surface area contributed by atoms with Crippen molar-refractivity contribution in [3.8, 4) is 5.82 Å². The SMILES string of the molecule is CC(C)(C)c1cc(N2CN(c3cccc(C(c4ccccc4)(c4ccccc4)c4ccc5c6cc(C(C)(C)C)ccc6n(-c6cc(C(C)(c7ccccc7)c7ccccc7)ccn6)c5c4)c3)c3ccccc32)cc(C(C)(C)C)c1. The Morgan fingerprint density at radius 3 is 1.33 bits per heavy atom.